The lowest BCUT2D eigenvalue weighted by molar-refractivity contribution is 0.198. The van der Waals surface area contributed by atoms with Crippen molar-refractivity contribution < 1.29 is 14.0 Å². The summed E-state index contributed by atoms with van der Waals surface area (Å²) in [5.74, 6) is 3.33. The summed E-state index contributed by atoms with van der Waals surface area (Å²) in [7, 11) is 3.39. The first-order valence-electron chi connectivity index (χ1n) is 9.26. The topological polar surface area (TPSA) is 93.8 Å². The van der Waals surface area contributed by atoms with Gasteiger partial charge in [-0.2, -0.15) is 4.98 Å². The van der Waals surface area contributed by atoms with E-state index in [0.29, 0.717) is 30.8 Å². The molecule has 2 aromatic rings. The van der Waals surface area contributed by atoms with E-state index < -0.39 is 0 Å². The van der Waals surface area contributed by atoms with Gasteiger partial charge in [-0.1, -0.05) is 17.3 Å². The monoisotopic (exact) mass is 501 g/mol. The zero-order chi connectivity index (χ0) is 19.1. The molecule has 0 saturated heterocycles. The van der Waals surface area contributed by atoms with Crippen LogP contribution in [0.5, 0.6) is 11.5 Å². The van der Waals surface area contributed by atoms with Gasteiger partial charge >= 0.3 is 0 Å². The highest BCUT2D eigenvalue weighted by atomic mass is 127. The van der Waals surface area contributed by atoms with Crippen LogP contribution in [0.15, 0.2) is 27.7 Å². The molecule has 2 N–H and O–H groups in total. The van der Waals surface area contributed by atoms with E-state index in [9.17, 15) is 0 Å². The normalized spacial score (nSPS) is 14.5. The molecule has 8 nitrogen and oxygen atoms in total. The number of aliphatic imine (C=N–C) groups is 1. The summed E-state index contributed by atoms with van der Waals surface area (Å²) in [6, 6.07) is 5.93. The Morgan fingerprint density at radius 1 is 1.25 bits per heavy atom. The van der Waals surface area contributed by atoms with E-state index in [-0.39, 0.29) is 30.1 Å². The molecule has 0 aliphatic heterocycles. The van der Waals surface area contributed by atoms with Crippen molar-refractivity contribution in [1.82, 2.24) is 20.8 Å². The number of nitrogens with one attached hydrogen (secondary N) is 2. The third kappa shape index (κ3) is 5.98. The summed E-state index contributed by atoms with van der Waals surface area (Å²) < 4.78 is 16.9. The fourth-order valence-electron chi connectivity index (χ4n) is 3.14. The molecule has 0 unspecified atom stereocenters. The molecule has 0 bridgehead atoms. The Balaban J connectivity index is 0.00000280. The lowest BCUT2D eigenvalue weighted by Crippen LogP contribution is -2.36. The second kappa shape index (κ2) is 11.1. The Morgan fingerprint density at radius 2 is 2.00 bits per heavy atom. The van der Waals surface area contributed by atoms with Crippen LogP contribution in [0.1, 0.15) is 43.0 Å². The lowest BCUT2D eigenvalue weighted by Gasteiger charge is -2.20. The Bertz CT molecular complexity index is 775. The quantitative estimate of drug-likeness (QED) is 0.342. The fraction of sp³-hybridized carbons (Fsp3) is 0.526. The highest BCUT2D eigenvalue weighted by molar-refractivity contribution is 14.0. The van der Waals surface area contributed by atoms with Crippen LogP contribution in [0.25, 0.3) is 0 Å². The van der Waals surface area contributed by atoms with Gasteiger partial charge in [-0.15, -0.1) is 24.0 Å². The molecule has 1 aromatic heterocycles. The minimum atomic E-state index is 0. The van der Waals surface area contributed by atoms with Crippen molar-refractivity contribution in [3.05, 3.63) is 35.5 Å². The van der Waals surface area contributed by atoms with Crippen LogP contribution in [0.3, 0.4) is 0 Å². The summed E-state index contributed by atoms with van der Waals surface area (Å²) in [5.41, 5.74) is 1.03. The number of halogens is 1. The molecule has 1 aromatic carbocycles. The number of rotatable bonds is 7. The van der Waals surface area contributed by atoms with Crippen molar-refractivity contribution in [1.29, 1.82) is 0 Å². The SMILES string of the molecule is CN=C(NCc1nc(C)no1)NCc1cccc(OC)c1OC1CCCC1.I. The zero-order valence-corrected chi connectivity index (χ0v) is 18.9. The number of hydrogen-bond donors (Lipinski definition) is 2. The van der Waals surface area contributed by atoms with Crippen molar-refractivity contribution >= 4 is 29.9 Å². The molecule has 9 heteroatoms. The molecule has 0 radical (unpaired) electrons. The van der Waals surface area contributed by atoms with Gasteiger partial charge in [0.05, 0.1) is 19.8 Å². The smallest absolute Gasteiger partial charge is 0.246 e. The first-order valence-corrected chi connectivity index (χ1v) is 9.26. The number of aryl methyl sites for hydroxylation is 1. The summed E-state index contributed by atoms with van der Waals surface area (Å²) in [6.45, 7) is 2.75. The molecule has 0 spiro atoms. The Hall–Kier alpha value is -2.04. The van der Waals surface area contributed by atoms with E-state index in [4.69, 9.17) is 14.0 Å². The molecule has 1 aliphatic carbocycles. The lowest BCUT2D eigenvalue weighted by atomic mass is 10.1. The van der Waals surface area contributed by atoms with Crippen molar-refractivity contribution in [2.75, 3.05) is 14.2 Å². The van der Waals surface area contributed by atoms with E-state index in [0.717, 1.165) is 29.9 Å². The van der Waals surface area contributed by atoms with Crippen molar-refractivity contribution in [2.45, 2.75) is 51.8 Å². The number of nitrogens with zero attached hydrogens (tertiary/aromatic N) is 3. The van der Waals surface area contributed by atoms with E-state index >= 15 is 0 Å². The van der Waals surface area contributed by atoms with Crippen LogP contribution in [-0.2, 0) is 13.1 Å². The van der Waals surface area contributed by atoms with Crippen LogP contribution in [0.4, 0.5) is 0 Å². The summed E-state index contributed by atoms with van der Waals surface area (Å²) in [4.78, 5) is 8.40. The van der Waals surface area contributed by atoms with Crippen LogP contribution in [-0.4, -0.2) is 36.4 Å². The van der Waals surface area contributed by atoms with Crippen LogP contribution >= 0.6 is 24.0 Å². The molecule has 0 atom stereocenters. The number of guanidine groups is 1. The van der Waals surface area contributed by atoms with Gasteiger partial charge in [-0.3, -0.25) is 4.99 Å². The molecule has 154 valence electrons. The van der Waals surface area contributed by atoms with E-state index in [1.165, 1.54) is 12.8 Å². The molecule has 28 heavy (non-hydrogen) atoms. The molecule has 3 rings (SSSR count). The maximum absolute atomic E-state index is 6.27. The molecular weight excluding hydrogens is 473 g/mol. The number of para-hydroxylation sites is 1. The molecule has 1 fully saturated rings. The molecule has 0 amide bonds. The highest BCUT2D eigenvalue weighted by Gasteiger charge is 2.20. The first kappa shape index (κ1) is 22.3. The number of hydrogen-bond acceptors (Lipinski definition) is 6. The van der Waals surface area contributed by atoms with Gasteiger partial charge < -0.3 is 24.6 Å². The largest absolute Gasteiger partial charge is 0.493 e. The van der Waals surface area contributed by atoms with Crippen LogP contribution < -0.4 is 20.1 Å². The van der Waals surface area contributed by atoms with E-state index in [2.05, 4.69) is 25.8 Å². The van der Waals surface area contributed by atoms with E-state index in [1.807, 2.05) is 18.2 Å². The summed E-state index contributed by atoms with van der Waals surface area (Å²) >= 11 is 0. The number of ether oxygens (including phenoxy) is 2. The fourth-order valence-corrected chi connectivity index (χ4v) is 3.14. The Labute approximate surface area is 182 Å². The first-order chi connectivity index (χ1) is 13.2. The average Bonchev–Trinajstić information content (AvgIpc) is 3.34. The Morgan fingerprint density at radius 3 is 2.64 bits per heavy atom. The van der Waals surface area contributed by atoms with E-state index in [1.54, 1.807) is 21.1 Å². The summed E-state index contributed by atoms with van der Waals surface area (Å²) in [6.07, 6.45) is 4.89. The molecule has 1 heterocycles. The predicted octanol–water partition coefficient (Wildman–Crippen LogP) is 3.19. The van der Waals surface area contributed by atoms with Gasteiger partial charge in [0.2, 0.25) is 5.89 Å². The van der Waals surface area contributed by atoms with Gasteiger partial charge in [0, 0.05) is 19.2 Å². The third-order valence-corrected chi connectivity index (χ3v) is 4.51. The minimum Gasteiger partial charge on any atom is -0.493 e. The van der Waals surface area contributed by atoms with Gasteiger partial charge in [0.15, 0.2) is 23.3 Å². The van der Waals surface area contributed by atoms with Gasteiger partial charge in [0.1, 0.15) is 0 Å². The maximum Gasteiger partial charge on any atom is 0.246 e. The van der Waals surface area contributed by atoms with Gasteiger partial charge in [-0.25, -0.2) is 0 Å². The second-order valence-corrected chi connectivity index (χ2v) is 6.49. The number of benzene rings is 1. The van der Waals surface area contributed by atoms with Gasteiger partial charge in [0.25, 0.3) is 0 Å². The summed E-state index contributed by atoms with van der Waals surface area (Å²) in [5, 5.41) is 10.2. The van der Waals surface area contributed by atoms with Gasteiger partial charge in [-0.05, 0) is 38.7 Å². The zero-order valence-electron chi connectivity index (χ0n) is 16.5. The van der Waals surface area contributed by atoms with Crippen molar-refractivity contribution in [2.24, 2.45) is 4.99 Å². The van der Waals surface area contributed by atoms with Crippen molar-refractivity contribution in [3.63, 3.8) is 0 Å². The minimum absolute atomic E-state index is 0. The third-order valence-electron chi connectivity index (χ3n) is 4.51. The molecule has 1 aliphatic rings. The molecular formula is C19H28IN5O3. The molecule has 1 saturated carbocycles. The average molecular weight is 501 g/mol. The number of methoxy groups -OCH3 is 1. The van der Waals surface area contributed by atoms with Crippen LogP contribution in [0, 0.1) is 6.92 Å². The number of aromatic nitrogens is 2. The highest BCUT2D eigenvalue weighted by Crippen LogP contribution is 2.34. The van der Waals surface area contributed by atoms with Crippen LogP contribution in [0.2, 0.25) is 0 Å². The Kier molecular flexibility index (Phi) is 8.81. The maximum atomic E-state index is 6.27. The standard InChI is InChI=1S/C19H27N5O3.HI/c1-13-23-17(27-24-13)12-22-19(20-2)21-11-14-7-6-10-16(25-3)18(14)26-15-8-4-5-9-15;/h6-7,10,15H,4-5,8-9,11-12H2,1-3H3,(H2,20,21,22);1H. The van der Waals surface area contributed by atoms with Crippen molar-refractivity contribution in [3.8, 4) is 11.5 Å². The second-order valence-electron chi connectivity index (χ2n) is 6.49. The predicted molar refractivity (Wildman–Crippen MR) is 117 cm³/mol.